The Bertz CT molecular complexity index is 965. The van der Waals surface area contributed by atoms with Crippen LogP contribution in [-0.2, 0) is 21.4 Å². The van der Waals surface area contributed by atoms with Gasteiger partial charge in [0.2, 0.25) is 10.0 Å². The van der Waals surface area contributed by atoms with Gasteiger partial charge in [0.1, 0.15) is 5.75 Å². The molecule has 6 nitrogen and oxygen atoms in total. The summed E-state index contributed by atoms with van der Waals surface area (Å²) >= 11 is 0. The molecule has 2 aromatic carbocycles. The normalized spacial score (nSPS) is 15.0. The van der Waals surface area contributed by atoms with Crippen molar-refractivity contribution < 1.29 is 17.9 Å². The van der Waals surface area contributed by atoms with Crippen molar-refractivity contribution in [2.45, 2.75) is 63.4 Å². The molecular formula is C23H30N2O4S. The standard InChI is InChI=1S/C23H30N2O4S/c1-17-8-10-19(11-9-17)15-24-23(26)16-29-22-13-12-21(14-18(22)2)30(27,28)25-20-6-4-3-5-7-20/h8-14,20,25H,3-7,15-16H2,1-2H3,(H,24,26). The molecule has 2 aromatic rings. The second-order valence-electron chi connectivity index (χ2n) is 7.93. The Morgan fingerprint density at radius 1 is 1.03 bits per heavy atom. The monoisotopic (exact) mass is 430 g/mol. The Kier molecular flexibility index (Phi) is 7.50. The fraction of sp³-hybridized carbons (Fsp3) is 0.435. The number of ether oxygens (including phenoxy) is 1. The Labute approximate surface area is 179 Å². The molecule has 0 saturated heterocycles. The maximum atomic E-state index is 12.7. The van der Waals surface area contributed by atoms with Gasteiger partial charge in [-0.2, -0.15) is 0 Å². The second kappa shape index (κ2) is 10.1. The van der Waals surface area contributed by atoms with Crippen molar-refractivity contribution in [2.75, 3.05) is 6.61 Å². The van der Waals surface area contributed by atoms with Gasteiger partial charge in [0.25, 0.3) is 5.91 Å². The van der Waals surface area contributed by atoms with E-state index >= 15 is 0 Å². The summed E-state index contributed by atoms with van der Waals surface area (Å²) in [4.78, 5) is 12.3. The summed E-state index contributed by atoms with van der Waals surface area (Å²) in [7, 11) is -3.56. The lowest BCUT2D eigenvalue weighted by molar-refractivity contribution is -0.123. The van der Waals surface area contributed by atoms with Crippen LogP contribution < -0.4 is 14.8 Å². The van der Waals surface area contributed by atoms with Crippen LogP contribution in [0.3, 0.4) is 0 Å². The third-order valence-corrected chi connectivity index (χ3v) is 6.87. The third kappa shape index (κ3) is 6.31. The number of hydrogen-bond acceptors (Lipinski definition) is 4. The van der Waals surface area contributed by atoms with E-state index in [-0.39, 0.29) is 23.5 Å². The van der Waals surface area contributed by atoms with Crippen LogP contribution in [0.2, 0.25) is 0 Å². The highest BCUT2D eigenvalue weighted by atomic mass is 32.2. The van der Waals surface area contributed by atoms with Crippen LogP contribution >= 0.6 is 0 Å². The van der Waals surface area contributed by atoms with Gasteiger partial charge >= 0.3 is 0 Å². The van der Waals surface area contributed by atoms with Gasteiger partial charge in [-0.15, -0.1) is 0 Å². The third-order valence-electron chi connectivity index (χ3n) is 5.35. The predicted molar refractivity (Wildman–Crippen MR) is 117 cm³/mol. The lowest BCUT2D eigenvalue weighted by atomic mass is 9.96. The summed E-state index contributed by atoms with van der Waals surface area (Å²) < 4.78 is 33.7. The molecule has 0 spiro atoms. The van der Waals surface area contributed by atoms with E-state index in [0.29, 0.717) is 17.9 Å². The number of benzene rings is 2. The highest BCUT2D eigenvalue weighted by Gasteiger charge is 2.22. The van der Waals surface area contributed by atoms with E-state index in [1.54, 1.807) is 19.1 Å². The van der Waals surface area contributed by atoms with Crippen molar-refractivity contribution in [3.05, 3.63) is 59.2 Å². The van der Waals surface area contributed by atoms with Crippen molar-refractivity contribution in [1.82, 2.24) is 10.0 Å². The van der Waals surface area contributed by atoms with E-state index < -0.39 is 10.0 Å². The number of carbonyl (C=O) groups is 1. The molecule has 0 bridgehead atoms. The number of carbonyl (C=O) groups excluding carboxylic acids is 1. The summed E-state index contributed by atoms with van der Waals surface area (Å²) in [5.74, 6) is 0.266. The zero-order valence-electron chi connectivity index (χ0n) is 17.6. The van der Waals surface area contributed by atoms with E-state index in [1.165, 1.54) is 18.1 Å². The Balaban J connectivity index is 1.53. The minimum absolute atomic E-state index is 0.0113. The first kappa shape index (κ1) is 22.3. The molecular weight excluding hydrogens is 400 g/mol. The predicted octanol–water partition coefficient (Wildman–Crippen LogP) is 3.61. The van der Waals surface area contributed by atoms with E-state index in [4.69, 9.17) is 4.74 Å². The number of aryl methyl sites for hydroxylation is 2. The molecule has 0 unspecified atom stereocenters. The highest BCUT2D eigenvalue weighted by Crippen LogP contribution is 2.24. The maximum absolute atomic E-state index is 12.7. The average Bonchev–Trinajstić information content (AvgIpc) is 2.73. The smallest absolute Gasteiger partial charge is 0.258 e. The molecule has 1 amide bonds. The average molecular weight is 431 g/mol. The number of hydrogen-bond donors (Lipinski definition) is 2. The van der Waals surface area contributed by atoms with Crippen LogP contribution in [0.15, 0.2) is 47.4 Å². The fourth-order valence-electron chi connectivity index (χ4n) is 3.56. The quantitative estimate of drug-likeness (QED) is 0.670. The number of sulfonamides is 1. The summed E-state index contributed by atoms with van der Waals surface area (Å²) in [5.41, 5.74) is 2.86. The first-order chi connectivity index (χ1) is 14.3. The summed E-state index contributed by atoms with van der Waals surface area (Å²) in [6, 6.07) is 12.7. The molecule has 0 aliphatic heterocycles. The molecule has 0 atom stereocenters. The molecule has 162 valence electrons. The molecule has 30 heavy (non-hydrogen) atoms. The first-order valence-electron chi connectivity index (χ1n) is 10.4. The van der Waals surface area contributed by atoms with Gasteiger partial charge < -0.3 is 10.1 Å². The molecule has 7 heteroatoms. The van der Waals surface area contributed by atoms with Gasteiger partial charge in [0, 0.05) is 12.6 Å². The maximum Gasteiger partial charge on any atom is 0.258 e. The Morgan fingerprint density at radius 2 is 1.73 bits per heavy atom. The number of amides is 1. The van der Waals surface area contributed by atoms with E-state index in [0.717, 1.165) is 31.2 Å². The zero-order chi connectivity index (χ0) is 21.6. The largest absolute Gasteiger partial charge is 0.484 e. The molecule has 1 aliphatic carbocycles. The fourth-order valence-corrected chi connectivity index (χ4v) is 4.95. The van der Waals surface area contributed by atoms with Crippen molar-refractivity contribution in [3.63, 3.8) is 0 Å². The van der Waals surface area contributed by atoms with Crippen molar-refractivity contribution in [2.24, 2.45) is 0 Å². The molecule has 1 fully saturated rings. The minimum Gasteiger partial charge on any atom is -0.484 e. The SMILES string of the molecule is Cc1ccc(CNC(=O)COc2ccc(S(=O)(=O)NC3CCCCC3)cc2C)cc1. The van der Waals surface area contributed by atoms with Crippen LogP contribution in [-0.4, -0.2) is 27.0 Å². The van der Waals surface area contributed by atoms with Crippen molar-refractivity contribution in [3.8, 4) is 5.75 Å². The number of nitrogens with one attached hydrogen (secondary N) is 2. The summed E-state index contributed by atoms with van der Waals surface area (Å²) in [6.07, 6.45) is 5.06. The molecule has 0 heterocycles. The number of rotatable bonds is 8. The van der Waals surface area contributed by atoms with Crippen LogP contribution in [0, 0.1) is 13.8 Å². The van der Waals surface area contributed by atoms with E-state index in [1.807, 2.05) is 31.2 Å². The van der Waals surface area contributed by atoms with Crippen LogP contribution in [0.1, 0.15) is 48.8 Å². The zero-order valence-corrected chi connectivity index (χ0v) is 18.4. The van der Waals surface area contributed by atoms with Gasteiger partial charge in [0.05, 0.1) is 4.90 Å². The molecule has 0 aromatic heterocycles. The topological polar surface area (TPSA) is 84.5 Å². The van der Waals surface area contributed by atoms with Gasteiger partial charge in [0.15, 0.2) is 6.61 Å². The second-order valence-corrected chi connectivity index (χ2v) is 9.65. The molecule has 1 aliphatic rings. The molecule has 2 N–H and O–H groups in total. The van der Waals surface area contributed by atoms with E-state index in [9.17, 15) is 13.2 Å². The van der Waals surface area contributed by atoms with Crippen molar-refractivity contribution >= 4 is 15.9 Å². The van der Waals surface area contributed by atoms with Crippen LogP contribution in [0.25, 0.3) is 0 Å². The van der Waals surface area contributed by atoms with Gasteiger partial charge in [-0.1, -0.05) is 49.1 Å². The first-order valence-corrected chi connectivity index (χ1v) is 11.9. The Hall–Kier alpha value is -2.38. The molecule has 1 saturated carbocycles. The lowest BCUT2D eigenvalue weighted by Gasteiger charge is -2.22. The highest BCUT2D eigenvalue weighted by molar-refractivity contribution is 7.89. The molecule has 0 radical (unpaired) electrons. The van der Waals surface area contributed by atoms with Crippen LogP contribution in [0.5, 0.6) is 5.75 Å². The van der Waals surface area contributed by atoms with Crippen LogP contribution in [0.4, 0.5) is 0 Å². The van der Waals surface area contributed by atoms with Crippen molar-refractivity contribution in [1.29, 1.82) is 0 Å². The lowest BCUT2D eigenvalue weighted by Crippen LogP contribution is -2.36. The molecule has 3 rings (SSSR count). The van der Waals surface area contributed by atoms with E-state index in [2.05, 4.69) is 10.0 Å². The van der Waals surface area contributed by atoms with Gasteiger partial charge in [-0.05, 0) is 56.0 Å². The van der Waals surface area contributed by atoms with Gasteiger partial charge in [-0.3, -0.25) is 4.79 Å². The Morgan fingerprint density at radius 3 is 2.40 bits per heavy atom. The minimum atomic E-state index is -3.56. The van der Waals surface area contributed by atoms with Gasteiger partial charge in [-0.25, -0.2) is 13.1 Å². The summed E-state index contributed by atoms with van der Waals surface area (Å²) in [5, 5.41) is 2.82. The summed E-state index contributed by atoms with van der Waals surface area (Å²) in [6.45, 7) is 4.10.